The topological polar surface area (TPSA) is 59.7 Å². The summed E-state index contributed by atoms with van der Waals surface area (Å²) in [6.45, 7) is 3.42. The fraction of sp³-hybridized carbons (Fsp3) is 0.250. The average molecular weight is 220 g/mol. The molecule has 0 bridgehead atoms. The van der Waals surface area contributed by atoms with Crippen LogP contribution in [0.4, 0.5) is 0 Å². The summed E-state index contributed by atoms with van der Waals surface area (Å²) in [6, 6.07) is 2.92. The van der Waals surface area contributed by atoms with Gasteiger partial charge in [-0.05, 0) is 25.5 Å². The van der Waals surface area contributed by atoms with Crippen LogP contribution >= 0.6 is 0 Å². The number of methoxy groups -OCH3 is 1. The standard InChI is InChI=1S/C12H12O4/c1-6-4-9(14)11(15-3)12-10(6)8(13)5-7(2)16-12/h4-5,14H,1-3H3. The second-order valence-corrected chi connectivity index (χ2v) is 3.67. The van der Waals surface area contributed by atoms with Crippen LogP contribution in [0.3, 0.4) is 0 Å². The third-order valence-corrected chi connectivity index (χ3v) is 2.46. The Morgan fingerprint density at radius 1 is 1.31 bits per heavy atom. The molecule has 2 rings (SSSR count). The Kier molecular flexibility index (Phi) is 2.34. The highest BCUT2D eigenvalue weighted by Gasteiger charge is 2.15. The number of hydrogen-bond acceptors (Lipinski definition) is 4. The van der Waals surface area contributed by atoms with Crippen molar-refractivity contribution in [3.8, 4) is 11.5 Å². The van der Waals surface area contributed by atoms with Crippen LogP contribution in [-0.4, -0.2) is 12.2 Å². The highest BCUT2D eigenvalue weighted by molar-refractivity contribution is 5.88. The average Bonchev–Trinajstić information content (AvgIpc) is 2.15. The van der Waals surface area contributed by atoms with Crippen LogP contribution in [0.5, 0.6) is 11.5 Å². The van der Waals surface area contributed by atoms with Crippen LogP contribution in [0.15, 0.2) is 21.3 Å². The molecule has 0 radical (unpaired) electrons. The smallest absolute Gasteiger partial charge is 0.204 e. The normalized spacial score (nSPS) is 10.7. The van der Waals surface area contributed by atoms with E-state index >= 15 is 0 Å². The molecule has 16 heavy (non-hydrogen) atoms. The molecule has 1 aromatic carbocycles. The van der Waals surface area contributed by atoms with Crippen molar-refractivity contribution in [2.45, 2.75) is 13.8 Å². The number of fused-ring (bicyclic) bond motifs is 1. The number of rotatable bonds is 1. The summed E-state index contributed by atoms with van der Waals surface area (Å²) < 4.78 is 10.5. The third-order valence-electron chi connectivity index (χ3n) is 2.46. The van der Waals surface area contributed by atoms with Gasteiger partial charge in [0, 0.05) is 6.07 Å². The maximum absolute atomic E-state index is 11.8. The summed E-state index contributed by atoms with van der Waals surface area (Å²) >= 11 is 0. The lowest BCUT2D eigenvalue weighted by Gasteiger charge is -2.09. The molecule has 4 heteroatoms. The van der Waals surface area contributed by atoms with E-state index in [1.807, 2.05) is 0 Å². The molecule has 84 valence electrons. The van der Waals surface area contributed by atoms with E-state index in [4.69, 9.17) is 9.15 Å². The van der Waals surface area contributed by atoms with Gasteiger partial charge in [-0.2, -0.15) is 0 Å². The van der Waals surface area contributed by atoms with Gasteiger partial charge in [-0.25, -0.2) is 0 Å². The molecule has 0 saturated heterocycles. The van der Waals surface area contributed by atoms with Crippen molar-refractivity contribution in [2.75, 3.05) is 7.11 Å². The monoisotopic (exact) mass is 220 g/mol. The van der Waals surface area contributed by atoms with E-state index in [1.54, 1.807) is 13.8 Å². The second kappa shape index (κ2) is 3.56. The van der Waals surface area contributed by atoms with E-state index in [2.05, 4.69) is 0 Å². The van der Waals surface area contributed by atoms with Gasteiger partial charge < -0.3 is 14.3 Å². The van der Waals surface area contributed by atoms with E-state index in [0.29, 0.717) is 22.3 Å². The molecular weight excluding hydrogens is 208 g/mol. The lowest BCUT2D eigenvalue weighted by molar-refractivity contribution is 0.369. The van der Waals surface area contributed by atoms with Crippen LogP contribution in [0.2, 0.25) is 0 Å². The van der Waals surface area contributed by atoms with Crippen LogP contribution in [0.1, 0.15) is 11.3 Å². The van der Waals surface area contributed by atoms with Crippen molar-refractivity contribution < 1.29 is 14.3 Å². The molecule has 0 atom stereocenters. The first-order valence-electron chi connectivity index (χ1n) is 4.85. The Hall–Kier alpha value is -1.97. The van der Waals surface area contributed by atoms with Gasteiger partial charge in [-0.1, -0.05) is 0 Å². The summed E-state index contributed by atoms with van der Waals surface area (Å²) in [4.78, 5) is 11.8. The number of hydrogen-bond donors (Lipinski definition) is 1. The zero-order valence-corrected chi connectivity index (χ0v) is 9.33. The molecule has 0 aliphatic carbocycles. The largest absolute Gasteiger partial charge is 0.504 e. The predicted octanol–water partition coefficient (Wildman–Crippen LogP) is 2.12. The van der Waals surface area contributed by atoms with Crippen molar-refractivity contribution in [2.24, 2.45) is 0 Å². The SMILES string of the molecule is COc1c(O)cc(C)c2c(=O)cc(C)oc12. The molecule has 1 aromatic heterocycles. The maximum atomic E-state index is 11.8. The third kappa shape index (κ3) is 1.43. The Morgan fingerprint density at radius 3 is 2.62 bits per heavy atom. The van der Waals surface area contributed by atoms with E-state index in [-0.39, 0.29) is 16.9 Å². The van der Waals surface area contributed by atoms with E-state index in [0.717, 1.165) is 0 Å². The Morgan fingerprint density at radius 2 is 2.00 bits per heavy atom. The number of ether oxygens (including phenoxy) is 1. The summed E-state index contributed by atoms with van der Waals surface area (Å²) in [7, 11) is 1.42. The van der Waals surface area contributed by atoms with Crippen molar-refractivity contribution in [3.63, 3.8) is 0 Å². The molecule has 0 spiro atoms. The molecule has 4 nitrogen and oxygen atoms in total. The molecule has 0 aliphatic heterocycles. The molecule has 0 fully saturated rings. The minimum Gasteiger partial charge on any atom is -0.504 e. The molecular formula is C12H12O4. The van der Waals surface area contributed by atoms with Gasteiger partial charge in [0.15, 0.2) is 16.8 Å². The van der Waals surface area contributed by atoms with Crippen LogP contribution in [-0.2, 0) is 0 Å². The number of benzene rings is 1. The molecule has 1 heterocycles. The number of phenolic OH excluding ortho intramolecular Hbond substituents is 1. The Bertz CT molecular complexity index is 610. The number of aryl methyl sites for hydroxylation is 2. The first-order valence-corrected chi connectivity index (χ1v) is 4.85. The fourth-order valence-corrected chi connectivity index (χ4v) is 1.80. The zero-order chi connectivity index (χ0) is 11.9. The number of phenols is 1. The highest BCUT2D eigenvalue weighted by Crippen LogP contribution is 2.35. The Balaban J connectivity index is 3.05. The maximum Gasteiger partial charge on any atom is 0.204 e. The summed E-state index contributed by atoms with van der Waals surface area (Å²) in [5.41, 5.74) is 0.835. The van der Waals surface area contributed by atoms with Gasteiger partial charge in [-0.3, -0.25) is 4.79 Å². The minimum absolute atomic E-state index is 0.0266. The summed E-state index contributed by atoms with van der Waals surface area (Å²) in [5.74, 6) is 0.656. The number of aromatic hydroxyl groups is 1. The summed E-state index contributed by atoms with van der Waals surface area (Å²) in [6.07, 6.45) is 0. The van der Waals surface area contributed by atoms with Gasteiger partial charge in [0.1, 0.15) is 5.76 Å². The first kappa shape index (κ1) is 10.5. The molecule has 0 aliphatic rings. The van der Waals surface area contributed by atoms with Crippen molar-refractivity contribution >= 4 is 11.0 Å². The molecule has 0 amide bonds. The van der Waals surface area contributed by atoms with Gasteiger partial charge >= 0.3 is 0 Å². The Labute approximate surface area is 92.1 Å². The lowest BCUT2D eigenvalue weighted by Crippen LogP contribution is -2.03. The van der Waals surface area contributed by atoms with Crippen molar-refractivity contribution in [3.05, 3.63) is 33.7 Å². The minimum atomic E-state index is -0.130. The molecule has 2 aromatic rings. The van der Waals surface area contributed by atoms with E-state index in [1.165, 1.54) is 19.2 Å². The summed E-state index contributed by atoms with van der Waals surface area (Å²) in [5, 5.41) is 10.1. The fourth-order valence-electron chi connectivity index (χ4n) is 1.80. The zero-order valence-electron chi connectivity index (χ0n) is 9.33. The van der Waals surface area contributed by atoms with Crippen LogP contribution in [0.25, 0.3) is 11.0 Å². The van der Waals surface area contributed by atoms with Crippen LogP contribution in [0, 0.1) is 13.8 Å². The van der Waals surface area contributed by atoms with Gasteiger partial charge in [0.25, 0.3) is 0 Å². The first-order chi connectivity index (χ1) is 7.54. The van der Waals surface area contributed by atoms with Gasteiger partial charge in [0.05, 0.1) is 12.5 Å². The molecule has 0 saturated carbocycles. The van der Waals surface area contributed by atoms with Crippen molar-refractivity contribution in [1.29, 1.82) is 0 Å². The molecule has 0 unspecified atom stereocenters. The van der Waals surface area contributed by atoms with Gasteiger partial charge in [0.2, 0.25) is 5.75 Å². The van der Waals surface area contributed by atoms with E-state index in [9.17, 15) is 9.90 Å². The van der Waals surface area contributed by atoms with Crippen LogP contribution < -0.4 is 10.2 Å². The second-order valence-electron chi connectivity index (χ2n) is 3.67. The molecule has 1 N–H and O–H groups in total. The van der Waals surface area contributed by atoms with Gasteiger partial charge in [-0.15, -0.1) is 0 Å². The quantitative estimate of drug-likeness (QED) is 0.799. The van der Waals surface area contributed by atoms with Crippen molar-refractivity contribution in [1.82, 2.24) is 0 Å². The van der Waals surface area contributed by atoms with E-state index < -0.39 is 0 Å². The highest BCUT2D eigenvalue weighted by atomic mass is 16.5. The predicted molar refractivity (Wildman–Crippen MR) is 60.2 cm³/mol. The lowest BCUT2D eigenvalue weighted by atomic mass is 10.1.